The third kappa shape index (κ3) is 3.25. The third-order valence-electron chi connectivity index (χ3n) is 4.75. The van der Waals surface area contributed by atoms with Crippen molar-refractivity contribution in [3.8, 4) is 0 Å². The van der Waals surface area contributed by atoms with Crippen LogP contribution in [0.15, 0.2) is 24.3 Å². The van der Waals surface area contributed by atoms with Gasteiger partial charge < -0.3 is 9.64 Å². The molecular formula is C17H23N5O2. The van der Waals surface area contributed by atoms with Gasteiger partial charge in [0.1, 0.15) is 0 Å². The first kappa shape index (κ1) is 16.4. The van der Waals surface area contributed by atoms with E-state index >= 15 is 0 Å². The highest BCUT2D eigenvalue weighted by Crippen LogP contribution is 2.34. The van der Waals surface area contributed by atoms with Gasteiger partial charge in [0.2, 0.25) is 5.95 Å². The van der Waals surface area contributed by atoms with Crippen LogP contribution in [0, 0.1) is 12.8 Å². The molecule has 0 aliphatic carbocycles. The number of aryl methyl sites for hydroxylation is 2. The summed E-state index contributed by atoms with van der Waals surface area (Å²) >= 11 is 0. The second-order valence-electron chi connectivity index (χ2n) is 6.34. The molecule has 0 amide bonds. The van der Waals surface area contributed by atoms with Crippen LogP contribution >= 0.6 is 0 Å². The summed E-state index contributed by atoms with van der Waals surface area (Å²) in [7, 11) is 3.30. The van der Waals surface area contributed by atoms with Crippen molar-refractivity contribution in [3.63, 3.8) is 0 Å². The average Bonchev–Trinajstić information content (AvgIpc) is 3.02. The first-order valence-electron chi connectivity index (χ1n) is 8.22. The number of carbonyl (C=O) groups is 1. The predicted octanol–water partition coefficient (Wildman–Crippen LogP) is 1.69. The zero-order valence-corrected chi connectivity index (χ0v) is 14.3. The van der Waals surface area contributed by atoms with Crippen molar-refractivity contribution in [1.82, 2.24) is 20.2 Å². The van der Waals surface area contributed by atoms with Crippen LogP contribution in [0.25, 0.3) is 0 Å². The fourth-order valence-electron chi connectivity index (χ4n) is 3.52. The van der Waals surface area contributed by atoms with E-state index in [1.807, 2.05) is 32.2 Å². The number of methoxy groups -OCH3 is 1. The highest BCUT2D eigenvalue weighted by atomic mass is 16.5. The van der Waals surface area contributed by atoms with Gasteiger partial charge in [-0.2, -0.15) is 0 Å². The zero-order valence-electron chi connectivity index (χ0n) is 14.3. The van der Waals surface area contributed by atoms with Crippen LogP contribution in [0.5, 0.6) is 0 Å². The zero-order chi connectivity index (χ0) is 17.1. The third-order valence-corrected chi connectivity index (χ3v) is 4.75. The molecule has 1 saturated heterocycles. The Kier molecular flexibility index (Phi) is 4.78. The van der Waals surface area contributed by atoms with Gasteiger partial charge in [-0.15, -0.1) is 0 Å². The number of nitrogens with zero attached hydrogens (tertiary/aromatic N) is 5. The number of rotatable bonds is 4. The highest BCUT2D eigenvalue weighted by molar-refractivity contribution is 5.78. The molecule has 1 unspecified atom stereocenters. The molecule has 1 aromatic heterocycles. The summed E-state index contributed by atoms with van der Waals surface area (Å²) < 4.78 is 6.77. The van der Waals surface area contributed by atoms with Crippen LogP contribution in [0.4, 0.5) is 5.95 Å². The van der Waals surface area contributed by atoms with E-state index in [4.69, 9.17) is 4.74 Å². The van der Waals surface area contributed by atoms with E-state index in [1.54, 1.807) is 4.68 Å². The lowest BCUT2D eigenvalue weighted by molar-refractivity contribution is -0.144. The lowest BCUT2D eigenvalue weighted by Crippen LogP contribution is -2.38. The van der Waals surface area contributed by atoms with Gasteiger partial charge in [0.25, 0.3) is 0 Å². The van der Waals surface area contributed by atoms with Gasteiger partial charge in [-0.1, -0.05) is 34.9 Å². The van der Waals surface area contributed by atoms with E-state index in [0.29, 0.717) is 0 Å². The Morgan fingerprint density at radius 3 is 2.67 bits per heavy atom. The van der Waals surface area contributed by atoms with E-state index in [9.17, 15) is 4.79 Å². The number of carbonyl (C=O) groups excluding carboxylic acids is 1. The molecule has 0 saturated carbocycles. The van der Waals surface area contributed by atoms with Gasteiger partial charge in [-0.05, 0) is 41.7 Å². The van der Waals surface area contributed by atoms with E-state index in [1.165, 1.54) is 7.11 Å². The quantitative estimate of drug-likeness (QED) is 0.795. The fraction of sp³-hybridized carbons (Fsp3) is 0.529. The van der Waals surface area contributed by atoms with Crippen molar-refractivity contribution in [2.75, 3.05) is 25.1 Å². The van der Waals surface area contributed by atoms with Crippen molar-refractivity contribution in [3.05, 3.63) is 35.4 Å². The molecule has 7 heteroatoms. The first-order valence-corrected chi connectivity index (χ1v) is 8.22. The SMILES string of the molecule is COC(=O)C(c1cccc(C)c1)C1CCN(c2nnnn2C)CC1. The summed E-state index contributed by atoms with van der Waals surface area (Å²) in [6, 6.07) is 8.15. The van der Waals surface area contributed by atoms with Crippen LogP contribution < -0.4 is 4.90 Å². The lowest BCUT2D eigenvalue weighted by atomic mass is 9.79. The molecule has 2 heterocycles. The summed E-state index contributed by atoms with van der Waals surface area (Å²) in [6.45, 7) is 3.71. The number of benzene rings is 1. The molecule has 24 heavy (non-hydrogen) atoms. The number of esters is 1. The second kappa shape index (κ2) is 6.98. The molecule has 1 aromatic carbocycles. The summed E-state index contributed by atoms with van der Waals surface area (Å²) in [5.41, 5.74) is 2.20. The van der Waals surface area contributed by atoms with Gasteiger partial charge in [0.05, 0.1) is 13.0 Å². The molecule has 0 N–H and O–H groups in total. The van der Waals surface area contributed by atoms with Crippen LogP contribution in [0.2, 0.25) is 0 Å². The summed E-state index contributed by atoms with van der Waals surface area (Å²) in [6.07, 6.45) is 1.81. The molecule has 1 aliphatic heterocycles. The monoisotopic (exact) mass is 329 g/mol. The Hall–Kier alpha value is -2.44. The standard InChI is InChI=1S/C17H23N5O2/c1-12-5-4-6-14(11-12)15(16(23)24-3)13-7-9-22(10-8-13)17-18-19-20-21(17)2/h4-6,11,13,15H,7-10H2,1-3H3. The van der Waals surface area contributed by atoms with Crippen molar-refractivity contribution >= 4 is 11.9 Å². The Morgan fingerprint density at radius 1 is 1.33 bits per heavy atom. The molecule has 1 fully saturated rings. The number of piperidine rings is 1. The summed E-state index contributed by atoms with van der Waals surface area (Å²) in [5.74, 6) is 0.671. The largest absolute Gasteiger partial charge is 0.469 e. The normalized spacial score (nSPS) is 16.9. The van der Waals surface area contributed by atoms with Crippen LogP contribution in [-0.2, 0) is 16.6 Å². The molecular weight excluding hydrogens is 306 g/mol. The number of tetrazole rings is 1. The van der Waals surface area contributed by atoms with Crippen LogP contribution in [0.3, 0.4) is 0 Å². The predicted molar refractivity (Wildman–Crippen MR) is 89.7 cm³/mol. The molecule has 3 rings (SSSR count). The molecule has 2 aromatic rings. The van der Waals surface area contributed by atoms with Gasteiger partial charge in [0.15, 0.2) is 0 Å². The number of anilines is 1. The van der Waals surface area contributed by atoms with Gasteiger partial charge in [-0.25, -0.2) is 4.68 Å². The van der Waals surface area contributed by atoms with Crippen LogP contribution in [0.1, 0.15) is 29.9 Å². The molecule has 1 aliphatic rings. The van der Waals surface area contributed by atoms with E-state index in [2.05, 4.69) is 26.5 Å². The van der Waals surface area contributed by atoms with Gasteiger partial charge in [0, 0.05) is 20.1 Å². The van der Waals surface area contributed by atoms with E-state index in [0.717, 1.165) is 43.0 Å². The van der Waals surface area contributed by atoms with Gasteiger partial charge in [-0.3, -0.25) is 4.79 Å². The maximum absolute atomic E-state index is 12.4. The molecule has 7 nitrogen and oxygen atoms in total. The summed E-state index contributed by atoms with van der Waals surface area (Å²) in [5, 5.41) is 11.6. The molecule has 0 radical (unpaired) electrons. The van der Waals surface area contributed by atoms with Crippen molar-refractivity contribution in [1.29, 1.82) is 0 Å². The maximum Gasteiger partial charge on any atom is 0.313 e. The minimum Gasteiger partial charge on any atom is -0.469 e. The minimum atomic E-state index is -0.213. The molecule has 0 spiro atoms. The van der Waals surface area contributed by atoms with Gasteiger partial charge >= 0.3 is 5.97 Å². The lowest BCUT2D eigenvalue weighted by Gasteiger charge is -2.35. The summed E-state index contributed by atoms with van der Waals surface area (Å²) in [4.78, 5) is 14.6. The fourth-order valence-corrected chi connectivity index (χ4v) is 3.52. The van der Waals surface area contributed by atoms with E-state index in [-0.39, 0.29) is 17.8 Å². The number of hydrogen-bond donors (Lipinski definition) is 0. The minimum absolute atomic E-state index is 0.153. The number of hydrogen-bond acceptors (Lipinski definition) is 6. The average molecular weight is 329 g/mol. The molecule has 1 atom stereocenters. The Balaban J connectivity index is 1.76. The van der Waals surface area contributed by atoms with Crippen molar-refractivity contribution in [2.24, 2.45) is 13.0 Å². The highest BCUT2D eigenvalue weighted by Gasteiger charge is 2.34. The smallest absolute Gasteiger partial charge is 0.313 e. The topological polar surface area (TPSA) is 73.1 Å². The number of aromatic nitrogens is 4. The van der Waals surface area contributed by atoms with Crippen molar-refractivity contribution < 1.29 is 9.53 Å². The number of ether oxygens (including phenoxy) is 1. The second-order valence-corrected chi connectivity index (χ2v) is 6.34. The van der Waals surface area contributed by atoms with Crippen LogP contribution in [-0.4, -0.2) is 46.4 Å². The van der Waals surface area contributed by atoms with E-state index < -0.39 is 0 Å². The van der Waals surface area contributed by atoms with Crippen molar-refractivity contribution in [2.45, 2.75) is 25.7 Å². The Labute approximate surface area is 141 Å². The Morgan fingerprint density at radius 2 is 2.08 bits per heavy atom. The maximum atomic E-state index is 12.4. The molecule has 0 bridgehead atoms. The Bertz CT molecular complexity index is 707. The first-order chi connectivity index (χ1) is 11.6. The molecule has 128 valence electrons.